The summed E-state index contributed by atoms with van der Waals surface area (Å²) in [6.07, 6.45) is 20.8. The van der Waals surface area contributed by atoms with E-state index < -0.39 is 11.9 Å². The van der Waals surface area contributed by atoms with E-state index in [4.69, 9.17) is 5.73 Å². The second-order valence-corrected chi connectivity index (χ2v) is 8.78. The first-order chi connectivity index (χ1) is 14.5. The largest absolute Gasteiger partial charge is 0.307 e. The van der Waals surface area contributed by atoms with Crippen molar-refractivity contribution < 1.29 is 14.4 Å². The molecule has 2 N–H and O–H groups in total. The average molecular weight is 424 g/mol. The van der Waals surface area contributed by atoms with Crippen LogP contribution in [0.15, 0.2) is 0 Å². The van der Waals surface area contributed by atoms with Crippen LogP contribution >= 0.6 is 0 Å². The summed E-state index contributed by atoms with van der Waals surface area (Å²) in [5.41, 5.74) is 7.07. The molecule has 1 unspecified atom stereocenters. The SMILES string of the molecule is CCCCCCCCCCCCCCCCCCNC(CC([NH])=O)C(=O)CC(C)=O. The van der Waals surface area contributed by atoms with Crippen LogP contribution in [0.4, 0.5) is 0 Å². The molecule has 0 aliphatic rings. The molecule has 175 valence electrons. The normalized spacial score (nSPS) is 12.1. The van der Waals surface area contributed by atoms with Crippen LogP contribution in [0.5, 0.6) is 0 Å². The Balaban J connectivity index is 3.48. The molecule has 5 heteroatoms. The van der Waals surface area contributed by atoms with E-state index in [9.17, 15) is 14.4 Å². The van der Waals surface area contributed by atoms with Crippen LogP contribution < -0.4 is 11.1 Å². The summed E-state index contributed by atoms with van der Waals surface area (Å²) >= 11 is 0. The monoisotopic (exact) mass is 423 g/mol. The second-order valence-electron chi connectivity index (χ2n) is 8.78. The van der Waals surface area contributed by atoms with Crippen LogP contribution in [0.1, 0.15) is 129 Å². The summed E-state index contributed by atoms with van der Waals surface area (Å²) in [6.45, 7) is 4.29. The fourth-order valence-electron chi connectivity index (χ4n) is 3.80. The molecule has 0 aliphatic carbocycles. The highest BCUT2D eigenvalue weighted by Gasteiger charge is 2.21. The van der Waals surface area contributed by atoms with Gasteiger partial charge in [-0.2, -0.15) is 0 Å². The number of nitrogens with one attached hydrogen (secondary N) is 2. The molecule has 0 heterocycles. The van der Waals surface area contributed by atoms with Gasteiger partial charge in [0.25, 0.3) is 0 Å². The maximum atomic E-state index is 12.0. The van der Waals surface area contributed by atoms with Gasteiger partial charge < -0.3 is 5.32 Å². The Morgan fingerprint density at radius 2 is 1.10 bits per heavy atom. The molecule has 1 radical (unpaired) electrons. The van der Waals surface area contributed by atoms with E-state index in [0.717, 1.165) is 12.8 Å². The Bertz CT molecular complexity index is 452. The predicted octanol–water partition coefficient (Wildman–Crippen LogP) is 5.95. The maximum absolute atomic E-state index is 12.0. The Labute approximate surface area is 185 Å². The van der Waals surface area contributed by atoms with Crippen LogP contribution in [0, 0.1) is 0 Å². The lowest BCUT2D eigenvalue weighted by molar-refractivity contribution is -0.129. The number of rotatable bonds is 23. The van der Waals surface area contributed by atoms with Gasteiger partial charge >= 0.3 is 0 Å². The van der Waals surface area contributed by atoms with Crippen molar-refractivity contribution in [2.75, 3.05) is 6.54 Å². The minimum Gasteiger partial charge on any atom is -0.307 e. The molecule has 0 aromatic rings. The minimum absolute atomic E-state index is 0.148. The number of carbonyl (C=O) groups is 3. The fraction of sp³-hybridized carbons (Fsp3) is 0.880. The van der Waals surface area contributed by atoms with Crippen LogP contribution in [0.25, 0.3) is 0 Å². The predicted molar refractivity (Wildman–Crippen MR) is 124 cm³/mol. The summed E-state index contributed by atoms with van der Waals surface area (Å²) in [7, 11) is 0. The van der Waals surface area contributed by atoms with Gasteiger partial charge in [-0.25, -0.2) is 0 Å². The van der Waals surface area contributed by atoms with E-state index in [1.54, 1.807) is 0 Å². The van der Waals surface area contributed by atoms with E-state index in [1.807, 2.05) is 0 Å². The first-order valence-electron chi connectivity index (χ1n) is 12.5. The van der Waals surface area contributed by atoms with Gasteiger partial charge in [-0.05, 0) is 19.9 Å². The van der Waals surface area contributed by atoms with Crippen molar-refractivity contribution in [2.45, 2.75) is 135 Å². The van der Waals surface area contributed by atoms with E-state index in [-0.39, 0.29) is 24.4 Å². The number of hydrogen-bond donors (Lipinski definition) is 1. The van der Waals surface area contributed by atoms with Gasteiger partial charge in [-0.15, -0.1) is 0 Å². The molecule has 0 bridgehead atoms. The molecule has 5 nitrogen and oxygen atoms in total. The zero-order valence-electron chi connectivity index (χ0n) is 19.7. The second kappa shape index (κ2) is 21.0. The summed E-state index contributed by atoms with van der Waals surface area (Å²) in [4.78, 5) is 34.1. The molecular weight excluding hydrogens is 376 g/mol. The number of hydrogen-bond acceptors (Lipinski definition) is 4. The number of amides is 1. The third-order valence-corrected chi connectivity index (χ3v) is 5.62. The minimum atomic E-state index is -0.767. The molecule has 0 saturated carbocycles. The van der Waals surface area contributed by atoms with E-state index >= 15 is 0 Å². The summed E-state index contributed by atoms with van der Waals surface area (Å²) in [5.74, 6) is -1.25. The highest BCUT2D eigenvalue weighted by molar-refractivity contribution is 6.01. The number of unbranched alkanes of at least 4 members (excludes halogenated alkanes) is 15. The van der Waals surface area contributed by atoms with Gasteiger partial charge in [0.15, 0.2) is 5.78 Å². The zero-order chi connectivity index (χ0) is 22.5. The van der Waals surface area contributed by atoms with Crippen molar-refractivity contribution >= 4 is 17.5 Å². The maximum Gasteiger partial charge on any atom is 0.240 e. The van der Waals surface area contributed by atoms with Gasteiger partial charge in [-0.3, -0.25) is 20.1 Å². The zero-order valence-corrected chi connectivity index (χ0v) is 19.7. The van der Waals surface area contributed by atoms with Crippen molar-refractivity contribution in [3.8, 4) is 0 Å². The molecule has 30 heavy (non-hydrogen) atoms. The van der Waals surface area contributed by atoms with Crippen LogP contribution in [0.3, 0.4) is 0 Å². The molecule has 0 aliphatic heterocycles. The third kappa shape index (κ3) is 20.1. The molecule has 1 amide bonds. The Morgan fingerprint density at radius 1 is 0.700 bits per heavy atom. The highest BCUT2D eigenvalue weighted by Crippen LogP contribution is 2.13. The van der Waals surface area contributed by atoms with Gasteiger partial charge in [-0.1, -0.05) is 103 Å². The Hall–Kier alpha value is -1.23. The summed E-state index contributed by atoms with van der Waals surface area (Å²) in [6, 6.07) is -0.685. The van der Waals surface area contributed by atoms with Crippen molar-refractivity contribution in [3.63, 3.8) is 0 Å². The molecule has 0 aromatic heterocycles. The van der Waals surface area contributed by atoms with Crippen LogP contribution in [-0.4, -0.2) is 30.1 Å². The smallest absolute Gasteiger partial charge is 0.240 e. The summed E-state index contributed by atoms with van der Waals surface area (Å²) < 4.78 is 0. The Morgan fingerprint density at radius 3 is 1.47 bits per heavy atom. The van der Waals surface area contributed by atoms with Crippen molar-refractivity contribution in [1.82, 2.24) is 11.1 Å². The van der Waals surface area contributed by atoms with Crippen molar-refractivity contribution in [2.24, 2.45) is 0 Å². The topological polar surface area (TPSA) is 87.0 Å². The van der Waals surface area contributed by atoms with Gasteiger partial charge in [0.1, 0.15) is 5.78 Å². The van der Waals surface area contributed by atoms with Gasteiger partial charge in [0, 0.05) is 0 Å². The highest BCUT2D eigenvalue weighted by atomic mass is 16.2. The quantitative estimate of drug-likeness (QED) is 0.162. The first-order valence-corrected chi connectivity index (χ1v) is 12.5. The number of Topliss-reactive ketones (excluding diaryl/α,β-unsaturated/α-hetero) is 2. The molecule has 0 rings (SSSR count). The molecule has 1 atom stereocenters. The van der Waals surface area contributed by atoms with Crippen molar-refractivity contribution in [3.05, 3.63) is 0 Å². The average Bonchev–Trinajstić information content (AvgIpc) is 2.68. The van der Waals surface area contributed by atoms with Crippen LogP contribution in [0.2, 0.25) is 0 Å². The molecule has 0 saturated heterocycles. The fourth-order valence-corrected chi connectivity index (χ4v) is 3.80. The van der Waals surface area contributed by atoms with Crippen molar-refractivity contribution in [1.29, 1.82) is 0 Å². The lowest BCUT2D eigenvalue weighted by Gasteiger charge is -2.15. The first kappa shape index (κ1) is 28.8. The standard InChI is InChI=1S/C25H47N2O3/c1-3-4-5-6-7-8-9-10-11-12-13-14-15-16-17-18-19-27-23(21-25(26)30)24(29)20-22(2)28/h23,26-27H,3-21H2,1-2H3. The van der Waals surface area contributed by atoms with E-state index in [2.05, 4.69) is 12.2 Å². The van der Waals surface area contributed by atoms with E-state index in [0.29, 0.717) is 6.54 Å². The summed E-state index contributed by atoms with van der Waals surface area (Å²) in [5, 5.41) is 3.06. The molecule has 0 spiro atoms. The molecule has 0 aromatic carbocycles. The third-order valence-electron chi connectivity index (χ3n) is 5.62. The van der Waals surface area contributed by atoms with Gasteiger partial charge in [0.05, 0.1) is 18.9 Å². The number of ketones is 2. The molecule has 0 fully saturated rings. The van der Waals surface area contributed by atoms with Crippen LogP contribution in [-0.2, 0) is 14.4 Å². The number of carbonyl (C=O) groups excluding carboxylic acids is 3. The van der Waals surface area contributed by atoms with E-state index in [1.165, 1.54) is 96.8 Å². The van der Waals surface area contributed by atoms with Gasteiger partial charge in [0.2, 0.25) is 5.91 Å². The Kier molecular flexibility index (Phi) is 20.2. The molecular formula is C25H47N2O3. The lowest BCUT2D eigenvalue weighted by atomic mass is 10.0. The lowest BCUT2D eigenvalue weighted by Crippen LogP contribution is -2.40.